The van der Waals surface area contributed by atoms with Crippen LogP contribution in [0.5, 0.6) is 17.5 Å². The predicted molar refractivity (Wildman–Crippen MR) is 141 cm³/mol. The highest BCUT2D eigenvalue weighted by Crippen LogP contribution is 2.26. The van der Waals surface area contributed by atoms with E-state index in [1.807, 2.05) is 26.8 Å². The Bertz CT molecular complexity index is 1540. The van der Waals surface area contributed by atoms with Gasteiger partial charge in [0.25, 0.3) is 5.91 Å². The van der Waals surface area contributed by atoms with Crippen molar-refractivity contribution in [3.8, 4) is 23.6 Å². The van der Waals surface area contributed by atoms with E-state index < -0.39 is 17.0 Å². The van der Waals surface area contributed by atoms with Crippen LogP contribution in [-0.2, 0) is 5.41 Å². The maximum absolute atomic E-state index is 12.9. The van der Waals surface area contributed by atoms with Gasteiger partial charge < -0.3 is 20.1 Å². The first-order valence-electron chi connectivity index (χ1n) is 11.9. The second-order valence-electron chi connectivity index (χ2n) is 10.2. The zero-order valence-corrected chi connectivity index (χ0v) is 21.8. The number of benzene rings is 2. The molecule has 4 aromatic rings. The summed E-state index contributed by atoms with van der Waals surface area (Å²) in [6.45, 7) is 9.14. The molecule has 10 nitrogen and oxygen atoms in total. The largest absolute Gasteiger partial charge is 0.438 e. The van der Waals surface area contributed by atoms with Gasteiger partial charge in [-0.1, -0.05) is 18.2 Å². The van der Waals surface area contributed by atoms with Gasteiger partial charge in [0.1, 0.15) is 5.75 Å². The van der Waals surface area contributed by atoms with Gasteiger partial charge in [-0.3, -0.25) is 4.79 Å². The summed E-state index contributed by atoms with van der Waals surface area (Å²) in [5, 5.41) is 19.3. The third-order valence-electron chi connectivity index (χ3n) is 5.39. The third kappa shape index (κ3) is 6.44. The Morgan fingerprint density at radius 1 is 0.974 bits per heavy atom. The molecule has 2 aromatic carbocycles. The number of hydrogen-bond donors (Lipinski definition) is 2. The second-order valence-corrected chi connectivity index (χ2v) is 10.2. The van der Waals surface area contributed by atoms with Crippen molar-refractivity contribution in [3.05, 3.63) is 78.0 Å². The Labute approximate surface area is 220 Å². The molecule has 10 heteroatoms. The molecule has 0 unspecified atom stereocenters. The summed E-state index contributed by atoms with van der Waals surface area (Å²) < 4.78 is 12.6. The van der Waals surface area contributed by atoms with Crippen LogP contribution < -0.4 is 20.1 Å². The van der Waals surface area contributed by atoms with Crippen LogP contribution in [0.25, 0.3) is 5.65 Å². The molecule has 2 aromatic heterocycles. The van der Waals surface area contributed by atoms with Crippen LogP contribution in [0.4, 0.5) is 10.5 Å². The number of carbonyl (C=O) groups is 2. The standard InChI is InChI=1S/C28H28N6O4/c1-27(2,3)32-26(36)38-24-16-34-22(31-24)12-13-23(33-34)37-21-11-7-10-20(15-21)30-25(35)18-8-6-9-19(14-18)28(4,5)17-29/h6-16H,1-5H3,(H,30,35)(H,32,36). The average Bonchev–Trinajstić information content (AvgIpc) is 3.24. The molecule has 0 spiro atoms. The van der Waals surface area contributed by atoms with E-state index in [0.717, 1.165) is 5.56 Å². The molecule has 0 fully saturated rings. The molecule has 0 atom stereocenters. The quantitative estimate of drug-likeness (QED) is 0.351. The molecule has 0 saturated carbocycles. The summed E-state index contributed by atoms with van der Waals surface area (Å²) in [6, 6.07) is 19.5. The highest BCUT2D eigenvalue weighted by atomic mass is 16.6. The van der Waals surface area contributed by atoms with Gasteiger partial charge in [0, 0.05) is 28.9 Å². The minimum atomic E-state index is -0.709. The highest BCUT2D eigenvalue weighted by Gasteiger charge is 2.21. The summed E-state index contributed by atoms with van der Waals surface area (Å²) in [5.74, 6) is 0.521. The number of rotatable bonds is 6. The molecule has 4 rings (SSSR count). The van der Waals surface area contributed by atoms with Crippen LogP contribution in [0.2, 0.25) is 0 Å². The van der Waals surface area contributed by atoms with Crippen molar-refractivity contribution in [2.24, 2.45) is 0 Å². The van der Waals surface area contributed by atoms with Gasteiger partial charge in [-0.05, 0) is 70.5 Å². The van der Waals surface area contributed by atoms with Gasteiger partial charge in [0.05, 0.1) is 17.7 Å². The zero-order valence-electron chi connectivity index (χ0n) is 21.8. The van der Waals surface area contributed by atoms with E-state index in [2.05, 4.69) is 26.8 Å². The molecule has 0 aliphatic carbocycles. The fraction of sp³-hybridized carbons (Fsp3) is 0.250. The number of aromatic nitrogens is 3. The van der Waals surface area contributed by atoms with Crippen LogP contribution in [0.15, 0.2) is 66.9 Å². The van der Waals surface area contributed by atoms with Gasteiger partial charge in [0.2, 0.25) is 11.8 Å². The van der Waals surface area contributed by atoms with E-state index in [4.69, 9.17) is 9.47 Å². The van der Waals surface area contributed by atoms with Crippen molar-refractivity contribution < 1.29 is 19.1 Å². The lowest BCUT2D eigenvalue weighted by molar-refractivity contribution is 0.102. The molecule has 0 saturated heterocycles. The van der Waals surface area contributed by atoms with Crippen LogP contribution in [0.3, 0.4) is 0 Å². The number of ether oxygens (including phenoxy) is 2. The lowest BCUT2D eigenvalue weighted by Gasteiger charge is -2.19. The van der Waals surface area contributed by atoms with Crippen molar-refractivity contribution >= 4 is 23.3 Å². The van der Waals surface area contributed by atoms with E-state index in [0.29, 0.717) is 22.6 Å². The number of fused-ring (bicyclic) bond motifs is 1. The molecule has 194 valence electrons. The molecule has 38 heavy (non-hydrogen) atoms. The van der Waals surface area contributed by atoms with Crippen molar-refractivity contribution in [1.29, 1.82) is 5.26 Å². The summed E-state index contributed by atoms with van der Waals surface area (Å²) in [4.78, 5) is 29.1. The van der Waals surface area contributed by atoms with E-state index in [1.54, 1.807) is 68.4 Å². The minimum absolute atomic E-state index is 0.100. The summed E-state index contributed by atoms with van der Waals surface area (Å²) in [7, 11) is 0. The summed E-state index contributed by atoms with van der Waals surface area (Å²) in [5.41, 5.74) is 1.05. The third-order valence-corrected chi connectivity index (χ3v) is 5.39. The molecule has 2 heterocycles. The van der Waals surface area contributed by atoms with Crippen LogP contribution in [-0.4, -0.2) is 32.1 Å². The Hall–Kier alpha value is -4.91. The molecule has 2 N–H and O–H groups in total. The number of hydrogen-bond acceptors (Lipinski definition) is 7. The Morgan fingerprint density at radius 3 is 2.47 bits per heavy atom. The van der Waals surface area contributed by atoms with Gasteiger partial charge in [0.15, 0.2) is 5.65 Å². The molecule has 0 radical (unpaired) electrons. The average molecular weight is 513 g/mol. The van der Waals surface area contributed by atoms with E-state index in [1.165, 1.54) is 10.7 Å². The maximum Gasteiger partial charge on any atom is 0.414 e. The summed E-state index contributed by atoms with van der Waals surface area (Å²) >= 11 is 0. The Morgan fingerprint density at radius 2 is 1.74 bits per heavy atom. The monoisotopic (exact) mass is 512 g/mol. The minimum Gasteiger partial charge on any atom is -0.438 e. The number of nitrogens with zero attached hydrogens (tertiary/aromatic N) is 4. The van der Waals surface area contributed by atoms with Gasteiger partial charge in [-0.2, -0.15) is 10.2 Å². The molecular formula is C28H28N6O4. The first kappa shape index (κ1) is 26.2. The van der Waals surface area contributed by atoms with Crippen LogP contribution in [0, 0.1) is 11.3 Å². The predicted octanol–water partition coefficient (Wildman–Crippen LogP) is 5.46. The lowest BCUT2D eigenvalue weighted by atomic mass is 9.85. The van der Waals surface area contributed by atoms with Gasteiger partial charge in [-0.15, -0.1) is 5.10 Å². The Balaban J connectivity index is 1.45. The second kappa shape index (κ2) is 10.2. The number of nitriles is 1. The molecule has 0 bridgehead atoms. The SMILES string of the molecule is CC(C)(C)NC(=O)Oc1cn2nc(Oc3cccc(NC(=O)c4cccc(C(C)(C)C#N)c4)c3)ccc2n1. The molecule has 2 amide bonds. The lowest BCUT2D eigenvalue weighted by Crippen LogP contribution is -2.42. The van der Waals surface area contributed by atoms with Gasteiger partial charge in [-0.25, -0.2) is 9.31 Å². The molecular weight excluding hydrogens is 484 g/mol. The van der Waals surface area contributed by atoms with E-state index in [9.17, 15) is 14.9 Å². The van der Waals surface area contributed by atoms with Crippen molar-refractivity contribution in [2.45, 2.75) is 45.6 Å². The van der Waals surface area contributed by atoms with Crippen molar-refractivity contribution in [3.63, 3.8) is 0 Å². The maximum atomic E-state index is 12.9. The number of anilines is 1. The summed E-state index contributed by atoms with van der Waals surface area (Å²) in [6.07, 6.45) is 0.861. The van der Waals surface area contributed by atoms with Gasteiger partial charge >= 0.3 is 6.09 Å². The first-order valence-corrected chi connectivity index (χ1v) is 11.9. The number of nitrogens with one attached hydrogen (secondary N) is 2. The smallest absolute Gasteiger partial charge is 0.414 e. The number of amides is 2. The topological polar surface area (TPSA) is 131 Å². The van der Waals surface area contributed by atoms with Crippen LogP contribution in [0.1, 0.15) is 50.5 Å². The fourth-order valence-electron chi connectivity index (χ4n) is 3.45. The zero-order chi connectivity index (χ0) is 27.5. The van der Waals surface area contributed by atoms with Crippen molar-refractivity contribution in [1.82, 2.24) is 19.9 Å². The first-order chi connectivity index (χ1) is 17.9. The van der Waals surface area contributed by atoms with Crippen molar-refractivity contribution in [2.75, 3.05) is 5.32 Å². The normalized spacial score (nSPS) is 11.5. The fourth-order valence-corrected chi connectivity index (χ4v) is 3.45. The van der Waals surface area contributed by atoms with E-state index in [-0.39, 0.29) is 17.7 Å². The molecule has 0 aliphatic rings. The molecule has 0 aliphatic heterocycles. The van der Waals surface area contributed by atoms with E-state index >= 15 is 0 Å². The number of imidazole rings is 1. The van der Waals surface area contributed by atoms with Crippen LogP contribution >= 0.6 is 0 Å². The Kier molecular flexibility index (Phi) is 7.04. The highest BCUT2D eigenvalue weighted by molar-refractivity contribution is 6.04. The number of carbonyl (C=O) groups excluding carboxylic acids is 2.